The molecule has 0 saturated carbocycles. The number of hydrogen-bond acceptors (Lipinski definition) is 5. The van der Waals surface area contributed by atoms with E-state index in [9.17, 15) is 4.39 Å². The van der Waals surface area contributed by atoms with Crippen molar-refractivity contribution < 1.29 is 14.0 Å². The van der Waals surface area contributed by atoms with Crippen molar-refractivity contribution in [3.05, 3.63) is 82.2 Å². The number of nitrogens with zero attached hydrogens (tertiary/aromatic N) is 4. The summed E-state index contributed by atoms with van der Waals surface area (Å²) in [6, 6.07) is 11.1. The highest BCUT2D eigenvalue weighted by atomic mass is 35.5. The van der Waals surface area contributed by atoms with Crippen LogP contribution in [0.5, 0.6) is 5.75 Å². The molecule has 8 heteroatoms. The third kappa shape index (κ3) is 5.05. The summed E-state index contributed by atoms with van der Waals surface area (Å²) in [4.78, 5) is 12.2. The lowest BCUT2D eigenvalue weighted by atomic mass is 9.95. The standard InChI is InChI=1S/C26H26ClFN4O2.CH4/c1-17-15-31(16-29-17)24-8-5-18(13-25(24)33-2)12-20-4-3-10-32-23(9-11-34-30-26(20)32)19-6-7-22(28)21(27)14-19;/h5-8,12-16,23H,3-4,9-11H2,1-2H3;1H4/b20-12+;. The average molecular weight is 497 g/mol. The minimum atomic E-state index is -0.411. The Labute approximate surface area is 210 Å². The minimum Gasteiger partial charge on any atom is -0.495 e. The van der Waals surface area contributed by atoms with Gasteiger partial charge in [0.1, 0.15) is 18.2 Å². The molecule has 0 aliphatic carbocycles. The fraction of sp³-hybridized carbons (Fsp3) is 0.333. The number of imidazole rings is 1. The fourth-order valence-electron chi connectivity index (χ4n) is 4.64. The molecule has 5 rings (SSSR count). The Morgan fingerprint density at radius 3 is 2.83 bits per heavy atom. The van der Waals surface area contributed by atoms with Crippen molar-refractivity contribution in [2.24, 2.45) is 5.16 Å². The maximum absolute atomic E-state index is 13.8. The molecule has 0 radical (unpaired) electrons. The van der Waals surface area contributed by atoms with Crippen LogP contribution in [0.25, 0.3) is 11.8 Å². The SMILES string of the molecule is C.COc1cc(/C=C2\CCCN3C2=NOCCC3c2ccc(F)c(Cl)c2)ccc1-n1cnc(C)c1. The average Bonchev–Trinajstić information content (AvgIpc) is 3.15. The first-order chi connectivity index (χ1) is 16.5. The van der Waals surface area contributed by atoms with Crippen molar-refractivity contribution in [3.63, 3.8) is 0 Å². The Kier molecular flexibility index (Phi) is 7.45. The number of methoxy groups -OCH3 is 1. The molecule has 0 bridgehead atoms. The highest BCUT2D eigenvalue weighted by molar-refractivity contribution is 6.30. The summed E-state index contributed by atoms with van der Waals surface area (Å²) >= 11 is 6.09. The smallest absolute Gasteiger partial charge is 0.171 e. The van der Waals surface area contributed by atoms with E-state index >= 15 is 0 Å². The first-order valence-corrected chi connectivity index (χ1v) is 11.7. The van der Waals surface area contributed by atoms with Crippen LogP contribution in [0.1, 0.15) is 49.6 Å². The zero-order valence-electron chi connectivity index (χ0n) is 19.2. The molecule has 0 N–H and O–H groups in total. The van der Waals surface area contributed by atoms with Gasteiger partial charge in [-0.2, -0.15) is 0 Å². The molecule has 35 heavy (non-hydrogen) atoms. The summed E-state index contributed by atoms with van der Waals surface area (Å²) in [5.74, 6) is 1.17. The van der Waals surface area contributed by atoms with E-state index in [4.69, 9.17) is 21.2 Å². The van der Waals surface area contributed by atoms with Crippen LogP contribution in [0.4, 0.5) is 4.39 Å². The van der Waals surface area contributed by atoms with Gasteiger partial charge in [-0.05, 0) is 66.8 Å². The molecule has 1 saturated heterocycles. The molecule has 2 aliphatic heterocycles. The summed E-state index contributed by atoms with van der Waals surface area (Å²) in [5, 5.41) is 4.61. The first kappa shape index (κ1) is 24.8. The van der Waals surface area contributed by atoms with E-state index in [1.807, 2.05) is 29.8 Å². The van der Waals surface area contributed by atoms with E-state index < -0.39 is 5.82 Å². The van der Waals surface area contributed by atoms with Crippen LogP contribution in [0.2, 0.25) is 5.02 Å². The maximum Gasteiger partial charge on any atom is 0.171 e. The molecule has 0 spiro atoms. The molecule has 184 valence electrons. The first-order valence-electron chi connectivity index (χ1n) is 11.3. The number of amidine groups is 1. The lowest BCUT2D eigenvalue weighted by molar-refractivity contribution is 0.140. The van der Waals surface area contributed by atoms with Gasteiger partial charge in [-0.25, -0.2) is 9.37 Å². The van der Waals surface area contributed by atoms with Gasteiger partial charge >= 0.3 is 0 Å². The molecule has 2 aromatic carbocycles. The van der Waals surface area contributed by atoms with Crippen LogP contribution in [-0.2, 0) is 4.84 Å². The number of fused-ring (bicyclic) bond motifs is 1. The number of benzene rings is 2. The molecule has 2 aliphatic rings. The predicted octanol–water partition coefficient (Wildman–Crippen LogP) is 6.57. The molecule has 6 nitrogen and oxygen atoms in total. The molecule has 3 aromatic rings. The van der Waals surface area contributed by atoms with E-state index in [1.54, 1.807) is 25.6 Å². The van der Waals surface area contributed by atoms with E-state index in [-0.39, 0.29) is 18.5 Å². The van der Waals surface area contributed by atoms with Crippen molar-refractivity contribution in [1.82, 2.24) is 14.5 Å². The summed E-state index contributed by atoms with van der Waals surface area (Å²) in [7, 11) is 1.67. The Bertz CT molecular complexity index is 1270. The van der Waals surface area contributed by atoms with Crippen LogP contribution in [0.15, 0.2) is 59.7 Å². The van der Waals surface area contributed by atoms with Gasteiger partial charge in [0.15, 0.2) is 5.84 Å². The van der Waals surface area contributed by atoms with Crippen molar-refractivity contribution in [2.45, 2.75) is 39.7 Å². The second-order valence-electron chi connectivity index (χ2n) is 8.55. The number of piperidine rings is 1. The lowest BCUT2D eigenvalue weighted by Gasteiger charge is -2.36. The van der Waals surface area contributed by atoms with Gasteiger partial charge in [0.05, 0.1) is 35.9 Å². The fourth-order valence-corrected chi connectivity index (χ4v) is 4.83. The summed E-state index contributed by atoms with van der Waals surface area (Å²) in [6.45, 7) is 3.29. The largest absolute Gasteiger partial charge is 0.495 e. The molecular weight excluding hydrogens is 467 g/mol. The van der Waals surface area contributed by atoms with Gasteiger partial charge in [-0.3, -0.25) is 0 Å². The summed E-state index contributed by atoms with van der Waals surface area (Å²) in [5.41, 5.74) is 4.95. The molecule has 1 unspecified atom stereocenters. The van der Waals surface area contributed by atoms with E-state index in [0.717, 1.165) is 65.5 Å². The lowest BCUT2D eigenvalue weighted by Crippen LogP contribution is -2.39. The van der Waals surface area contributed by atoms with Crippen molar-refractivity contribution in [3.8, 4) is 11.4 Å². The molecule has 3 heterocycles. The van der Waals surface area contributed by atoms with Gasteiger partial charge < -0.3 is 19.0 Å². The summed E-state index contributed by atoms with van der Waals surface area (Å²) in [6.07, 6.45) is 8.51. The highest BCUT2D eigenvalue weighted by Crippen LogP contribution is 2.35. The number of ether oxygens (including phenoxy) is 1. The third-order valence-electron chi connectivity index (χ3n) is 6.28. The topological polar surface area (TPSA) is 51.9 Å². The third-order valence-corrected chi connectivity index (χ3v) is 6.57. The van der Waals surface area contributed by atoms with Gasteiger partial charge in [-0.1, -0.05) is 36.3 Å². The van der Waals surface area contributed by atoms with Crippen LogP contribution < -0.4 is 4.74 Å². The van der Waals surface area contributed by atoms with Crippen molar-refractivity contribution in [2.75, 3.05) is 20.3 Å². The maximum atomic E-state index is 13.8. The van der Waals surface area contributed by atoms with Crippen LogP contribution in [-0.4, -0.2) is 40.5 Å². The number of halogens is 2. The minimum absolute atomic E-state index is 0. The van der Waals surface area contributed by atoms with Crippen molar-refractivity contribution >= 4 is 23.5 Å². The van der Waals surface area contributed by atoms with E-state index in [1.165, 1.54) is 6.07 Å². The van der Waals surface area contributed by atoms with Crippen molar-refractivity contribution in [1.29, 1.82) is 0 Å². The van der Waals surface area contributed by atoms with Crippen LogP contribution in [0.3, 0.4) is 0 Å². The monoisotopic (exact) mass is 496 g/mol. The van der Waals surface area contributed by atoms with Crippen LogP contribution >= 0.6 is 11.6 Å². The number of aryl methyl sites for hydroxylation is 1. The Morgan fingerprint density at radius 1 is 1.23 bits per heavy atom. The zero-order chi connectivity index (χ0) is 23.7. The molecular formula is C27H30ClFN4O2. The quantitative estimate of drug-likeness (QED) is 0.410. The molecule has 1 atom stereocenters. The molecule has 1 fully saturated rings. The van der Waals surface area contributed by atoms with Gasteiger partial charge in [-0.15, -0.1) is 0 Å². The number of rotatable bonds is 4. The summed E-state index contributed by atoms with van der Waals surface area (Å²) < 4.78 is 21.4. The Balaban J connectivity index is 0.00000289. The van der Waals surface area contributed by atoms with Crippen LogP contribution in [0, 0.1) is 12.7 Å². The predicted molar refractivity (Wildman–Crippen MR) is 138 cm³/mol. The number of oxime groups is 1. The highest BCUT2D eigenvalue weighted by Gasteiger charge is 2.31. The normalized spacial score (nSPS) is 18.7. The van der Waals surface area contributed by atoms with E-state index in [2.05, 4.69) is 27.2 Å². The Morgan fingerprint density at radius 2 is 2.09 bits per heavy atom. The Hall–Kier alpha value is -3.32. The second kappa shape index (κ2) is 10.5. The molecule has 0 amide bonds. The number of hydrogen-bond donors (Lipinski definition) is 0. The zero-order valence-corrected chi connectivity index (χ0v) is 19.9. The van der Waals surface area contributed by atoms with Gasteiger partial charge in [0.25, 0.3) is 0 Å². The van der Waals surface area contributed by atoms with Gasteiger partial charge in [0, 0.05) is 19.2 Å². The molecule has 1 aromatic heterocycles. The van der Waals surface area contributed by atoms with Gasteiger partial charge in [0.2, 0.25) is 0 Å². The number of aromatic nitrogens is 2. The van der Waals surface area contributed by atoms with E-state index in [0.29, 0.717) is 6.61 Å². The second-order valence-corrected chi connectivity index (χ2v) is 8.95.